The summed E-state index contributed by atoms with van der Waals surface area (Å²) in [7, 11) is 0. The van der Waals surface area contributed by atoms with Crippen molar-refractivity contribution in [1.29, 1.82) is 0 Å². The number of hydrogen-bond donors (Lipinski definition) is 1. The molecule has 2 aromatic rings. The van der Waals surface area contributed by atoms with E-state index in [2.05, 4.69) is 4.98 Å². The molecule has 0 saturated carbocycles. The van der Waals surface area contributed by atoms with Gasteiger partial charge in [0.1, 0.15) is 4.83 Å². The van der Waals surface area contributed by atoms with Crippen molar-refractivity contribution >= 4 is 33.4 Å². The highest BCUT2D eigenvalue weighted by Crippen LogP contribution is 2.38. The zero-order valence-electron chi connectivity index (χ0n) is 11.8. The summed E-state index contributed by atoms with van der Waals surface area (Å²) in [6.45, 7) is 3.03. The molecule has 0 spiro atoms. The first-order valence-corrected chi connectivity index (χ1v) is 7.82. The van der Waals surface area contributed by atoms with Crippen molar-refractivity contribution in [2.24, 2.45) is 5.73 Å². The van der Waals surface area contributed by atoms with Crippen LogP contribution in [-0.2, 0) is 4.79 Å². The number of likely N-dealkylation sites (tertiary alicyclic amines) is 1. The van der Waals surface area contributed by atoms with E-state index in [1.807, 2.05) is 17.0 Å². The van der Waals surface area contributed by atoms with Crippen LogP contribution >= 0.6 is 11.3 Å². The lowest BCUT2D eigenvalue weighted by Gasteiger charge is -2.32. The second-order valence-corrected chi connectivity index (χ2v) is 6.37. The van der Waals surface area contributed by atoms with Crippen LogP contribution in [-0.4, -0.2) is 34.8 Å². The molecule has 2 N–H and O–H groups in total. The van der Waals surface area contributed by atoms with Gasteiger partial charge in [-0.05, 0) is 24.5 Å². The van der Waals surface area contributed by atoms with Gasteiger partial charge in [-0.25, -0.2) is 4.98 Å². The number of piperidine rings is 1. The summed E-state index contributed by atoms with van der Waals surface area (Å²) >= 11 is 1.35. The fraction of sp³-hybridized carbons (Fsp3) is 0.400. The van der Waals surface area contributed by atoms with Gasteiger partial charge in [0, 0.05) is 37.5 Å². The number of nitrogens with zero attached hydrogens (tertiary/aromatic N) is 2. The highest BCUT2D eigenvalue weighted by molar-refractivity contribution is 7.20. The Labute approximate surface area is 126 Å². The van der Waals surface area contributed by atoms with Crippen molar-refractivity contribution in [2.75, 3.05) is 13.1 Å². The van der Waals surface area contributed by atoms with Crippen molar-refractivity contribution in [3.8, 4) is 0 Å². The van der Waals surface area contributed by atoms with Crippen LogP contribution in [0.15, 0.2) is 18.3 Å². The van der Waals surface area contributed by atoms with E-state index in [-0.39, 0.29) is 11.8 Å². The zero-order valence-corrected chi connectivity index (χ0v) is 12.7. The Morgan fingerprint density at radius 3 is 3.00 bits per heavy atom. The van der Waals surface area contributed by atoms with Gasteiger partial charge in [-0.2, -0.15) is 0 Å². The number of amides is 2. The molecule has 3 rings (SSSR count). The van der Waals surface area contributed by atoms with Crippen molar-refractivity contribution < 1.29 is 9.59 Å². The molecule has 110 valence electrons. The Morgan fingerprint density at radius 2 is 2.29 bits per heavy atom. The van der Waals surface area contributed by atoms with E-state index in [1.54, 1.807) is 13.1 Å². The Bertz CT molecular complexity index is 710. The molecule has 0 bridgehead atoms. The lowest BCUT2D eigenvalue weighted by molar-refractivity contribution is -0.130. The lowest BCUT2D eigenvalue weighted by atomic mass is 9.89. The molecule has 1 fully saturated rings. The van der Waals surface area contributed by atoms with Gasteiger partial charge in [-0.1, -0.05) is 6.07 Å². The number of rotatable bonds is 2. The quantitative estimate of drug-likeness (QED) is 0.923. The van der Waals surface area contributed by atoms with E-state index < -0.39 is 5.91 Å². The third-order valence-corrected chi connectivity index (χ3v) is 5.15. The maximum absolute atomic E-state index is 11.8. The van der Waals surface area contributed by atoms with Crippen LogP contribution in [0.1, 0.15) is 40.9 Å². The molecule has 2 aromatic heterocycles. The third-order valence-electron chi connectivity index (χ3n) is 4.00. The molecule has 3 heterocycles. The lowest BCUT2D eigenvalue weighted by Crippen LogP contribution is -2.38. The summed E-state index contributed by atoms with van der Waals surface area (Å²) in [6.07, 6.45) is 3.63. The topological polar surface area (TPSA) is 76.3 Å². The Kier molecular flexibility index (Phi) is 3.63. The minimum absolute atomic E-state index is 0.0815. The van der Waals surface area contributed by atoms with Gasteiger partial charge < -0.3 is 10.6 Å². The number of primary amides is 1. The Balaban J connectivity index is 2.08. The molecule has 1 aliphatic heterocycles. The van der Waals surface area contributed by atoms with Gasteiger partial charge in [0.2, 0.25) is 5.91 Å². The summed E-state index contributed by atoms with van der Waals surface area (Å²) in [4.78, 5) is 31.0. The molecule has 1 saturated heterocycles. The van der Waals surface area contributed by atoms with Crippen LogP contribution in [0, 0.1) is 0 Å². The number of nitrogens with two attached hydrogens (primary N) is 1. The first-order chi connectivity index (χ1) is 10.1. The first kappa shape index (κ1) is 14.0. The van der Waals surface area contributed by atoms with Crippen LogP contribution in [0.4, 0.5) is 0 Å². The fourth-order valence-electron chi connectivity index (χ4n) is 3.04. The Hall–Kier alpha value is -1.95. The third kappa shape index (κ3) is 2.51. The molecular formula is C15H17N3O2S. The maximum atomic E-state index is 11.8. The minimum atomic E-state index is -0.409. The standard InChI is InChI=1S/C15H17N3O2S/c1-9(19)18-7-3-4-10(8-18)12-11-5-2-6-17-15(11)21-13(12)14(16)20/h2,5-6,10H,3-4,7-8H2,1H3,(H2,16,20)/t10-/m1/s1. The molecule has 0 aliphatic carbocycles. The van der Waals surface area contributed by atoms with Crippen LogP contribution < -0.4 is 5.73 Å². The minimum Gasteiger partial charge on any atom is -0.365 e. The largest absolute Gasteiger partial charge is 0.365 e. The van der Waals surface area contributed by atoms with E-state index in [0.29, 0.717) is 11.4 Å². The van der Waals surface area contributed by atoms with Crippen molar-refractivity contribution in [2.45, 2.75) is 25.7 Å². The average Bonchev–Trinajstić information content (AvgIpc) is 2.87. The van der Waals surface area contributed by atoms with Crippen molar-refractivity contribution in [3.05, 3.63) is 28.8 Å². The highest BCUT2D eigenvalue weighted by Gasteiger charge is 2.29. The number of pyridine rings is 1. The summed E-state index contributed by atoms with van der Waals surface area (Å²) in [5.41, 5.74) is 6.52. The molecule has 0 radical (unpaired) electrons. The molecule has 1 atom stereocenters. The normalized spacial score (nSPS) is 18.9. The van der Waals surface area contributed by atoms with Crippen LogP contribution in [0.2, 0.25) is 0 Å². The predicted octanol–water partition coefficient (Wildman–Crippen LogP) is 2.12. The van der Waals surface area contributed by atoms with Gasteiger partial charge in [0.05, 0.1) is 4.88 Å². The second kappa shape index (κ2) is 5.44. The molecule has 5 nitrogen and oxygen atoms in total. The van der Waals surface area contributed by atoms with E-state index >= 15 is 0 Å². The molecule has 0 aromatic carbocycles. The predicted molar refractivity (Wildman–Crippen MR) is 82.4 cm³/mol. The monoisotopic (exact) mass is 303 g/mol. The van der Waals surface area contributed by atoms with E-state index in [9.17, 15) is 9.59 Å². The van der Waals surface area contributed by atoms with Gasteiger partial charge in [-0.3, -0.25) is 9.59 Å². The van der Waals surface area contributed by atoms with E-state index in [1.165, 1.54) is 11.3 Å². The van der Waals surface area contributed by atoms with E-state index in [0.717, 1.165) is 35.2 Å². The number of hydrogen-bond acceptors (Lipinski definition) is 4. The molecule has 2 amide bonds. The zero-order chi connectivity index (χ0) is 15.0. The van der Waals surface area contributed by atoms with Gasteiger partial charge in [0.15, 0.2) is 0 Å². The first-order valence-electron chi connectivity index (χ1n) is 7.00. The maximum Gasteiger partial charge on any atom is 0.259 e. The number of fused-ring (bicyclic) bond motifs is 1. The van der Waals surface area contributed by atoms with Crippen LogP contribution in [0.3, 0.4) is 0 Å². The number of carbonyl (C=O) groups is 2. The van der Waals surface area contributed by atoms with Gasteiger partial charge in [-0.15, -0.1) is 11.3 Å². The second-order valence-electron chi connectivity index (χ2n) is 5.37. The van der Waals surface area contributed by atoms with Crippen LogP contribution in [0.5, 0.6) is 0 Å². The molecular weight excluding hydrogens is 286 g/mol. The molecule has 6 heteroatoms. The van der Waals surface area contributed by atoms with Crippen molar-refractivity contribution in [3.63, 3.8) is 0 Å². The highest BCUT2D eigenvalue weighted by atomic mass is 32.1. The number of aromatic nitrogens is 1. The van der Waals surface area contributed by atoms with Crippen molar-refractivity contribution in [1.82, 2.24) is 9.88 Å². The average molecular weight is 303 g/mol. The fourth-order valence-corrected chi connectivity index (χ4v) is 4.12. The molecule has 1 aliphatic rings. The summed E-state index contributed by atoms with van der Waals surface area (Å²) in [6, 6.07) is 3.85. The van der Waals surface area contributed by atoms with Gasteiger partial charge in [0.25, 0.3) is 5.91 Å². The summed E-state index contributed by atoms with van der Waals surface area (Å²) in [5.74, 6) is -0.172. The Morgan fingerprint density at radius 1 is 1.48 bits per heavy atom. The summed E-state index contributed by atoms with van der Waals surface area (Å²) < 4.78 is 0. The van der Waals surface area contributed by atoms with Gasteiger partial charge >= 0.3 is 0 Å². The van der Waals surface area contributed by atoms with Crippen LogP contribution in [0.25, 0.3) is 10.2 Å². The van der Waals surface area contributed by atoms with E-state index in [4.69, 9.17) is 5.73 Å². The molecule has 0 unspecified atom stereocenters. The smallest absolute Gasteiger partial charge is 0.259 e. The number of carbonyl (C=O) groups excluding carboxylic acids is 2. The summed E-state index contributed by atoms with van der Waals surface area (Å²) in [5, 5.41) is 0.992. The number of thiophene rings is 1. The SMILES string of the molecule is CC(=O)N1CCC[C@@H](c2c(C(N)=O)sc3ncccc23)C1. The molecule has 21 heavy (non-hydrogen) atoms.